The van der Waals surface area contributed by atoms with Crippen LogP contribution in [0.2, 0.25) is 0 Å². The number of benzene rings is 1. The molecule has 5 nitrogen and oxygen atoms in total. The Balaban J connectivity index is 2.17. The summed E-state index contributed by atoms with van der Waals surface area (Å²) in [6, 6.07) is 5.75. The van der Waals surface area contributed by atoms with E-state index >= 15 is 0 Å². The molecule has 0 aromatic heterocycles. The lowest BCUT2D eigenvalue weighted by Gasteiger charge is -2.17. The van der Waals surface area contributed by atoms with Crippen molar-refractivity contribution in [2.75, 3.05) is 47.1 Å². The Morgan fingerprint density at radius 1 is 1.20 bits per heavy atom. The van der Waals surface area contributed by atoms with Gasteiger partial charge in [-0.1, -0.05) is 0 Å². The first-order valence-corrected chi connectivity index (χ1v) is 6.32. The van der Waals surface area contributed by atoms with Crippen molar-refractivity contribution in [2.24, 2.45) is 0 Å². The second kappa shape index (κ2) is 9.28. The van der Waals surface area contributed by atoms with Gasteiger partial charge in [0.1, 0.15) is 24.8 Å². The molecule has 1 aromatic rings. The maximum atomic E-state index is 12.7. The standard InChI is InChI=1S/C14H20FNO4/c1-16(14(17)11-19-10-9-18-2)7-8-20-13-5-3-12(15)4-6-13/h3-6H,7-11H2,1-2H3. The SMILES string of the molecule is COCCOCC(=O)N(C)CCOc1ccc(F)cc1. The van der Waals surface area contributed by atoms with Crippen molar-refractivity contribution < 1.29 is 23.4 Å². The lowest BCUT2D eigenvalue weighted by molar-refractivity contribution is -0.135. The van der Waals surface area contributed by atoms with E-state index in [1.807, 2.05) is 0 Å². The van der Waals surface area contributed by atoms with Crippen LogP contribution in [0, 0.1) is 5.82 Å². The predicted octanol–water partition coefficient (Wildman–Crippen LogP) is 1.33. The van der Waals surface area contributed by atoms with Gasteiger partial charge in [0, 0.05) is 14.2 Å². The van der Waals surface area contributed by atoms with Gasteiger partial charge in [-0.2, -0.15) is 0 Å². The van der Waals surface area contributed by atoms with Gasteiger partial charge in [-0.05, 0) is 24.3 Å². The van der Waals surface area contributed by atoms with Crippen LogP contribution in [0.15, 0.2) is 24.3 Å². The van der Waals surface area contributed by atoms with Gasteiger partial charge >= 0.3 is 0 Å². The first-order chi connectivity index (χ1) is 9.63. The number of rotatable bonds is 9. The van der Waals surface area contributed by atoms with Crippen LogP contribution in [-0.2, 0) is 14.3 Å². The highest BCUT2D eigenvalue weighted by Gasteiger charge is 2.08. The van der Waals surface area contributed by atoms with E-state index in [9.17, 15) is 9.18 Å². The topological polar surface area (TPSA) is 48.0 Å². The average Bonchev–Trinajstić information content (AvgIpc) is 2.45. The predicted molar refractivity (Wildman–Crippen MR) is 72.2 cm³/mol. The number of amides is 1. The quantitative estimate of drug-likeness (QED) is 0.642. The maximum Gasteiger partial charge on any atom is 0.248 e. The highest BCUT2D eigenvalue weighted by atomic mass is 19.1. The number of halogens is 1. The first kappa shape index (κ1) is 16.4. The zero-order valence-corrected chi connectivity index (χ0v) is 11.8. The number of hydrogen-bond donors (Lipinski definition) is 0. The lowest BCUT2D eigenvalue weighted by Crippen LogP contribution is -2.34. The van der Waals surface area contributed by atoms with Gasteiger partial charge in [0.05, 0.1) is 19.8 Å². The van der Waals surface area contributed by atoms with Crippen molar-refractivity contribution in [3.05, 3.63) is 30.1 Å². The molecule has 0 atom stereocenters. The Morgan fingerprint density at radius 3 is 2.55 bits per heavy atom. The molecule has 0 aliphatic rings. The fourth-order valence-electron chi connectivity index (χ4n) is 1.37. The Kier molecular flexibility index (Phi) is 7.60. The Bertz CT molecular complexity index is 397. The normalized spacial score (nSPS) is 10.3. The molecular formula is C14H20FNO4. The van der Waals surface area contributed by atoms with Crippen molar-refractivity contribution in [3.63, 3.8) is 0 Å². The van der Waals surface area contributed by atoms with Crippen molar-refractivity contribution >= 4 is 5.91 Å². The third-order valence-corrected chi connectivity index (χ3v) is 2.59. The van der Waals surface area contributed by atoms with Gasteiger partial charge < -0.3 is 19.1 Å². The Hall–Kier alpha value is -1.66. The molecule has 1 amide bonds. The van der Waals surface area contributed by atoms with Crippen molar-refractivity contribution in [1.82, 2.24) is 4.90 Å². The van der Waals surface area contributed by atoms with Gasteiger partial charge in [-0.15, -0.1) is 0 Å². The number of ether oxygens (including phenoxy) is 3. The van der Waals surface area contributed by atoms with Crippen molar-refractivity contribution in [2.45, 2.75) is 0 Å². The summed E-state index contributed by atoms with van der Waals surface area (Å²) in [5.74, 6) is 0.144. The monoisotopic (exact) mass is 285 g/mol. The van der Waals surface area contributed by atoms with E-state index in [4.69, 9.17) is 14.2 Å². The molecule has 0 heterocycles. The summed E-state index contributed by atoms with van der Waals surface area (Å²) in [5.41, 5.74) is 0. The van der Waals surface area contributed by atoms with Gasteiger partial charge in [-0.25, -0.2) is 4.39 Å². The van der Waals surface area contributed by atoms with Crippen LogP contribution >= 0.6 is 0 Å². The number of carbonyl (C=O) groups is 1. The van der Waals surface area contributed by atoms with Gasteiger partial charge in [0.2, 0.25) is 5.91 Å². The second-order valence-corrected chi connectivity index (χ2v) is 4.16. The smallest absolute Gasteiger partial charge is 0.248 e. The van der Waals surface area contributed by atoms with Crippen LogP contribution < -0.4 is 4.74 Å². The van der Waals surface area contributed by atoms with Crippen LogP contribution in [0.3, 0.4) is 0 Å². The fourth-order valence-corrected chi connectivity index (χ4v) is 1.37. The average molecular weight is 285 g/mol. The van der Waals surface area contributed by atoms with Gasteiger partial charge in [-0.3, -0.25) is 4.79 Å². The minimum absolute atomic E-state index is 0.0242. The lowest BCUT2D eigenvalue weighted by atomic mass is 10.3. The van der Waals surface area contributed by atoms with Crippen LogP contribution in [0.4, 0.5) is 4.39 Å². The molecule has 1 rings (SSSR count). The van der Waals surface area contributed by atoms with E-state index in [1.54, 1.807) is 26.3 Å². The molecule has 0 spiro atoms. The minimum Gasteiger partial charge on any atom is -0.492 e. The van der Waals surface area contributed by atoms with Gasteiger partial charge in [0.25, 0.3) is 0 Å². The molecule has 0 unspecified atom stereocenters. The zero-order chi connectivity index (χ0) is 14.8. The third-order valence-electron chi connectivity index (χ3n) is 2.59. The van der Waals surface area contributed by atoms with E-state index in [0.717, 1.165) is 0 Å². The summed E-state index contributed by atoms with van der Waals surface area (Å²) in [6.45, 7) is 1.65. The summed E-state index contributed by atoms with van der Waals surface area (Å²) in [7, 11) is 3.25. The molecule has 1 aromatic carbocycles. The molecule has 0 aliphatic heterocycles. The molecule has 6 heteroatoms. The van der Waals surface area contributed by atoms with E-state index in [-0.39, 0.29) is 18.3 Å². The zero-order valence-electron chi connectivity index (χ0n) is 11.8. The first-order valence-electron chi connectivity index (χ1n) is 6.32. The molecule has 0 bridgehead atoms. The molecule has 0 saturated heterocycles. The van der Waals surface area contributed by atoms with Crippen LogP contribution in [0.1, 0.15) is 0 Å². The number of carbonyl (C=O) groups excluding carboxylic acids is 1. The molecular weight excluding hydrogens is 265 g/mol. The Labute approximate surface area is 118 Å². The molecule has 0 fully saturated rings. The molecule has 0 saturated carbocycles. The van der Waals surface area contributed by atoms with E-state index < -0.39 is 0 Å². The molecule has 0 aliphatic carbocycles. The highest BCUT2D eigenvalue weighted by Crippen LogP contribution is 2.10. The molecule has 112 valence electrons. The molecule has 0 N–H and O–H groups in total. The van der Waals surface area contributed by atoms with Crippen LogP contribution in [0.25, 0.3) is 0 Å². The summed E-state index contributed by atoms with van der Waals surface area (Å²) in [4.78, 5) is 13.2. The summed E-state index contributed by atoms with van der Waals surface area (Å²) < 4.78 is 28.0. The van der Waals surface area contributed by atoms with Crippen LogP contribution in [0.5, 0.6) is 5.75 Å². The highest BCUT2D eigenvalue weighted by molar-refractivity contribution is 5.77. The minimum atomic E-state index is -0.308. The molecule has 0 radical (unpaired) electrons. The van der Waals surface area contributed by atoms with Crippen LogP contribution in [-0.4, -0.2) is 57.9 Å². The van der Waals surface area contributed by atoms with E-state index in [2.05, 4.69) is 0 Å². The van der Waals surface area contributed by atoms with Crippen molar-refractivity contribution in [1.29, 1.82) is 0 Å². The van der Waals surface area contributed by atoms with Gasteiger partial charge in [0.15, 0.2) is 0 Å². The number of hydrogen-bond acceptors (Lipinski definition) is 4. The summed E-state index contributed by atoms with van der Waals surface area (Å²) >= 11 is 0. The van der Waals surface area contributed by atoms with E-state index in [1.165, 1.54) is 17.0 Å². The number of likely N-dealkylation sites (N-methyl/N-ethyl adjacent to an activating group) is 1. The number of methoxy groups -OCH3 is 1. The number of nitrogens with zero attached hydrogens (tertiary/aromatic N) is 1. The second-order valence-electron chi connectivity index (χ2n) is 4.16. The summed E-state index contributed by atoms with van der Waals surface area (Å²) in [6.07, 6.45) is 0. The molecule has 20 heavy (non-hydrogen) atoms. The summed E-state index contributed by atoms with van der Waals surface area (Å²) in [5, 5.41) is 0. The Morgan fingerprint density at radius 2 is 1.90 bits per heavy atom. The fraction of sp³-hybridized carbons (Fsp3) is 0.500. The third kappa shape index (κ3) is 6.49. The maximum absolute atomic E-state index is 12.7. The van der Waals surface area contributed by atoms with E-state index in [0.29, 0.717) is 32.1 Å². The van der Waals surface area contributed by atoms with Crippen molar-refractivity contribution in [3.8, 4) is 5.75 Å². The largest absolute Gasteiger partial charge is 0.492 e.